The van der Waals surface area contributed by atoms with Crippen LogP contribution in [-0.4, -0.2) is 39.0 Å². The van der Waals surface area contributed by atoms with E-state index in [1.54, 1.807) is 6.33 Å². The minimum atomic E-state index is 0.296. The van der Waals surface area contributed by atoms with Gasteiger partial charge in [0, 0.05) is 20.2 Å². The van der Waals surface area contributed by atoms with Crippen molar-refractivity contribution in [3.8, 4) is 0 Å². The van der Waals surface area contributed by atoms with E-state index in [0.29, 0.717) is 6.10 Å². The molecule has 0 spiro atoms. The fourth-order valence-corrected chi connectivity index (χ4v) is 2.42. The second-order valence-corrected chi connectivity index (χ2v) is 4.64. The fraction of sp³-hybridized carbons (Fsp3) is 0.583. The Balaban J connectivity index is 1.86. The molecule has 3 heterocycles. The van der Waals surface area contributed by atoms with E-state index < -0.39 is 0 Å². The van der Waals surface area contributed by atoms with E-state index in [1.807, 2.05) is 18.7 Å². The average molecular weight is 247 g/mol. The lowest BCUT2D eigenvalue weighted by atomic mass is 10.2. The summed E-state index contributed by atoms with van der Waals surface area (Å²) in [4.78, 5) is 8.58. The minimum absolute atomic E-state index is 0.296. The van der Waals surface area contributed by atoms with Gasteiger partial charge >= 0.3 is 0 Å². The molecule has 0 bridgehead atoms. The highest BCUT2D eigenvalue weighted by Gasteiger charge is 2.17. The van der Waals surface area contributed by atoms with E-state index >= 15 is 0 Å². The number of ether oxygens (including phenoxy) is 1. The molecule has 6 nitrogen and oxygen atoms in total. The smallest absolute Gasteiger partial charge is 0.155 e. The number of anilines is 1. The fourth-order valence-electron chi connectivity index (χ4n) is 2.42. The number of nitrogens with one attached hydrogen (secondary N) is 1. The highest BCUT2D eigenvalue weighted by atomic mass is 16.5. The Bertz CT molecular complexity index is 559. The van der Waals surface area contributed by atoms with Crippen LogP contribution in [-0.2, 0) is 11.8 Å². The normalized spacial score (nSPS) is 19.6. The van der Waals surface area contributed by atoms with Crippen LogP contribution in [0.2, 0.25) is 0 Å². The summed E-state index contributed by atoms with van der Waals surface area (Å²) in [6, 6.07) is 0. The second-order valence-electron chi connectivity index (χ2n) is 4.64. The standard InChI is InChI=1S/C12H17N5O/c1-8-10-11(17(2)16-8)12(15-7-14-10)13-6-9-4-3-5-18-9/h7,9H,3-6H2,1-2H3,(H,13,14,15)/t9-/m1/s1. The molecule has 0 radical (unpaired) electrons. The predicted molar refractivity (Wildman–Crippen MR) is 68.5 cm³/mol. The maximum absolute atomic E-state index is 5.59. The van der Waals surface area contributed by atoms with Crippen molar-refractivity contribution >= 4 is 16.9 Å². The quantitative estimate of drug-likeness (QED) is 0.884. The zero-order valence-electron chi connectivity index (χ0n) is 10.7. The molecule has 96 valence electrons. The number of aromatic nitrogens is 4. The second kappa shape index (κ2) is 4.53. The van der Waals surface area contributed by atoms with Gasteiger partial charge in [-0.15, -0.1) is 0 Å². The van der Waals surface area contributed by atoms with Gasteiger partial charge in [0.15, 0.2) is 5.82 Å². The van der Waals surface area contributed by atoms with Crippen LogP contribution in [0.15, 0.2) is 6.33 Å². The zero-order valence-corrected chi connectivity index (χ0v) is 10.7. The molecular formula is C12H17N5O. The SMILES string of the molecule is Cc1nn(C)c2c(NC[C@H]3CCCO3)ncnc12. The van der Waals surface area contributed by atoms with Gasteiger partial charge in [-0.1, -0.05) is 0 Å². The average Bonchev–Trinajstić information content (AvgIpc) is 2.97. The molecule has 1 aliphatic heterocycles. The molecule has 0 saturated carbocycles. The third-order valence-electron chi connectivity index (χ3n) is 3.31. The Morgan fingerprint density at radius 1 is 1.50 bits per heavy atom. The monoisotopic (exact) mass is 247 g/mol. The van der Waals surface area contributed by atoms with Crippen LogP contribution in [0.4, 0.5) is 5.82 Å². The first-order valence-electron chi connectivity index (χ1n) is 6.25. The van der Waals surface area contributed by atoms with Gasteiger partial charge in [-0.3, -0.25) is 4.68 Å². The van der Waals surface area contributed by atoms with E-state index in [9.17, 15) is 0 Å². The van der Waals surface area contributed by atoms with E-state index in [4.69, 9.17) is 4.74 Å². The first-order chi connectivity index (χ1) is 8.75. The molecule has 6 heteroatoms. The number of nitrogens with zero attached hydrogens (tertiary/aromatic N) is 4. The predicted octanol–water partition coefficient (Wildman–Crippen LogP) is 1.26. The Hall–Kier alpha value is -1.69. The van der Waals surface area contributed by atoms with Crippen molar-refractivity contribution in [1.29, 1.82) is 0 Å². The number of rotatable bonds is 3. The van der Waals surface area contributed by atoms with E-state index in [1.165, 1.54) is 0 Å². The van der Waals surface area contributed by atoms with Gasteiger partial charge < -0.3 is 10.1 Å². The maximum Gasteiger partial charge on any atom is 0.155 e. The van der Waals surface area contributed by atoms with E-state index in [-0.39, 0.29) is 0 Å². The van der Waals surface area contributed by atoms with Gasteiger partial charge in [0.2, 0.25) is 0 Å². The van der Waals surface area contributed by atoms with Crippen molar-refractivity contribution < 1.29 is 4.74 Å². The number of hydrogen-bond acceptors (Lipinski definition) is 5. The van der Waals surface area contributed by atoms with Crippen molar-refractivity contribution in [2.75, 3.05) is 18.5 Å². The Kier molecular flexibility index (Phi) is 2.87. The van der Waals surface area contributed by atoms with Crippen LogP contribution < -0.4 is 5.32 Å². The van der Waals surface area contributed by atoms with Gasteiger partial charge in [0.05, 0.1) is 11.8 Å². The van der Waals surface area contributed by atoms with Crippen molar-refractivity contribution in [2.24, 2.45) is 7.05 Å². The molecule has 0 aromatic carbocycles. The highest BCUT2D eigenvalue weighted by molar-refractivity contribution is 5.87. The summed E-state index contributed by atoms with van der Waals surface area (Å²) in [5, 5.41) is 7.72. The third kappa shape index (κ3) is 1.92. The molecule has 18 heavy (non-hydrogen) atoms. The first-order valence-corrected chi connectivity index (χ1v) is 6.25. The van der Waals surface area contributed by atoms with Crippen LogP contribution in [0, 0.1) is 6.92 Å². The lowest BCUT2D eigenvalue weighted by Crippen LogP contribution is -2.19. The molecule has 1 atom stereocenters. The summed E-state index contributed by atoms with van der Waals surface area (Å²) in [7, 11) is 1.91. The summed E-state index contributed by atoms with van der Waals surface area (Å²) in [5.74, 6) is 0.832. The number of fused-ring (bicyclic) bond motifs is 1. The van der Waals surface area contributed by atoms with E-state index in [2.05, 4.69) is 20.4 Å². The molecule has 1 N–H and O–H groups in total. The summed E-state index contributed by atoms with van der Waals surface area (Å²) in [6.07, 6.45) is 4.14. The molecule has 2 aromatic heterocycles. The summed E-state index contributed by atoms with van der Waals surface area (Å²) in [6.45, 7) is 3.62. The van der Waals surface area contributed by atoms with Gasteiger partial charge in [-0.05, 0) is 19.8 Å². The lowest BCUT2D eigenvalue weighted by Gasteiger charge is -2.11. The number of hydrogen-bond donors (Lipinski definition) is 1. The molecule has 1 fully saturated rings. The minimum Gasteiger partial charge on any atom is -0.376 e. The third-order valence-corrected chi connectivity index (χ3v) is 3.31. The van der Waals surface area contributed by atoms with Gasteiger partial charge in [-0.2, -0.15) is 5.10 Å². The van der Waals surface area contributed by atoms with Crippen LogP contribution >= 0.6 is 0 Å². The van der Waals surface area contributed by atoms with Gasteiger partial charge in [0.25, 0.3) is 0 Å². The van der Waals surface area contributed by atoms with Crippen molar-refractivity contribution in [1.82, 2.24) is 19.7 Å². The van der Waals surface area contributed by atoms with E-state index in [0.717, 1.165) is 48.5 Å². The molecule has 1 aliphatic rings. The molecule has 1 saturated heterocycles. The topological polar surface area (TPSA) is 64.9 Å². The van der Waals surface area contributed by atoms with Crippen LogP contribution in [0.3, 0.4) is 0 Å². The number of aryl methyl sites for hydroxylation is 2. The Morgan fingerprint density at radius 3 is 3.17 bits per heavy atom. The highest BCUT2D eigenvalue weighted by Crippen LogP contribution is 2.21. The maximum atomic E-state index is 5.59. The molecule has 0 aliphatic carbocycles. The molecule has 0 amide bonds. The van der Waals surface area contributed by atoms with Crippen LogP contribution in [0.1, 0.15) is 18.5 Å². The molecule has 0 unspecified atom stereocenters. The van der Waals surface area contributed by atoms with Crippen LogP contribution in [0.5, 0.6) is 0 Å². The van der Waals surface area contributed by atoms with Gasteiger partial charge in [0.1, 0.15) is 17.4 Å². The zero-order chi connectivity index (χ0) is 12.5. The molecular weight excluding hydrogens is 230 g/mol. The van der Waals surface area contributed by atoms with Crippen molar-refractivity contribution in [3.05, 3.63) is 12.0 Å². The van der Waals surface area contributed by atoms with Crippen LogP contribution in [0.25, 0.3) is 11.0 Å². The molecule has 2 aromatic rings. The van der Waals surface area contributed by atoms with Gasteiger partial charge in [-0.25, -0.2) is 9.97 Å². The largest absolute Gasteiger partial charge is 0.376 e. The molecule has 3 rings (SSSR count). The lowest BCUT2D eigenvalue weighted by molar-refractivity contribution is 0.120. The summed E-state index contributed by atoms with van der Waals surface area (Å²) >= 11 is 0. The summed E-state index contributed by atoms with van der Waals surface area (Å²) in [5.41, 5.74) is 2.78. The Morgan fingerprint density at radius 2 is 2.39 bits per heavy atom. The van der Waals surface area contributed by atoms with Crippen molar-refractivity contribution in [3.63, 3.8) is 0 Å². The Labute approximate surface area is 105 Å². The summed E-state index contributed by atoms with van der Waals surface area (Å²) < 4.78 is 7.42. The first kappa shape index (κ1) is 11.4. The van der Waals surface area contributed by atoms with Crippen molar-refractivity contribution in [2.45, 2.75) is 25.9 Å².